The summed E-state index contributed by atoms with van der Waals surface area (Å²) in [6, 6.07) is 13.1. The van der Waals surface area contributed by atoms with Crippen molar-refractivity contribution >= 4 is 11.6 Å². The number of carbonyl (C=O) groups is 1. The molecule has 0 spiro atoms. The van der Waals surface area contributed by atoms with Gasteiger partial charge in [0.05, 0.1) is 7.11 Å². The molecule has 1 amide bonds. The average molecular weight is 255 g/mol. The molecule has 98 valence electrons. The number of carbonyl (C=O) groups excluding carboxylic acids is 1. The monoisotopic (exact) mass is 255 g/mol. The van der Waals surface area contributed by atoms with Crippen molar-refractivity contribution in [2.24, 2.45) is 0 Å². The molecule has 2 aromatic carbocycles. The number of aryl methyl sites for hydroxylation is 2. The number of nitrogens with one attached hydrogen (secondary N) is 1. The molecule has 3 heteroatoms. The van der Waals surface area contributed by atoms with E-state index in [0.717, 1.165) is 22.6 Å². The fraction of sp³-hybridized carbons (Fsp3) is 0.188. The molecule has 0 aliphatic heterocycles. The first-order valence-corrected chi connectivity index (χ1v) is 6.13. The summed E-state index contributed by atoms with van der Waals surface area (Å²) < 4.78 is 5.08. The first-order chi connectivity index (χ1) is 9.10. The zero-order chi connectivity index (χ0) is 13.8. The van der Waals surface area contributed by atoms with E-state index >= 15 is 0 Å². The van der Waals surface area contributed by atoms with Gasteiger partial charge in [-0.25, -0.2) is 0 Å². The molecule has 2 aromatic rings. The quantitative estimate of drug-likeness (QED) is 0.910. The van der Waals surface area contributed by atoms with E-state index in [1.165, 1.54) is 0 Å². The summed E-state index contributed by atoms with van der Waals surface area (Å²) in [5.74, 6) is 0.677. The molecule has 0 aliphatic carbocycles. The van der Waals surface area contributed by atoms with Crippen LogP contribution in [0.15, 0.2) is 42.5 Å². The van der Waals surface area contributed by atoms with Crippen LogP contribution < -0.4 is 10.1 Å². The van der Waals surface area contributed by atoms with Crippen LogP contribution in [0.2, 0.25) is 0 Å². The van der Waals surface area contributed by atoms with Gasteiger partial charge >= 0.3 is 0 Å². The van der Waals surface area contributed by atoms with Crippen LogP contribution in [0.4, 0.5) is 5.69 Å². The van der Waals surface area contributed by atoms with Crippen LogP contribution in [-0.4, -0.2) is 13.0 Å². The minimum atomic E-state index is -0.0913. The van der Waals surface area contributed by atoms with Gasteiger partial charge in [-0.1, -0.05) is 17.7 Å². The maximum Gasteiger partial charge on any atom is 0.255 e. The van der Waals surface area contributed by atoms with Crippen molar-refractivity contribution < 1.29 is 9.53 Å². The van der Waals surface area contributed by atoms with Gasteiger partial charge in [-0.3, -0.25) is 4.79 Å². The number of hydrogen-bond acceptors (Lipinski definition) is 2. The van der Waals surface area contributed by atoms with Crippen LogP contribution in [0.1, 0.15) is 21.5 Å². The normalized spacial score (nSPS) is 10.1. The Balaban J connectivity index is 2.18. The van der Waals surface area contributed by atoms with Gasteiger partial charge < -0.3 is 10.1 Å². The molecule has 0 saturated carbocycles. The lowest BCUT2D eigenvalue weighted by Crippen LogP contribution is -2.13. The van der Waals surface area contributed by atoms with Crippen molar-refractivity contribution in [3.63, 3.8) is 0 Å². The minimum absolute atomic E-state index is 0.0913. The molecule has 2 rings (SSSR count). The van der Waals surface area contributed by atoms with Gasteiger partial charge in [0, 0.05) is 11.3 Å². The van der Waals surface area contributed by atoms with E-state index in [1.54, 1.807) is 7.11 Å². The Hall–Kier alpha value is -2.29. The van der Waals surface area contributed by atoms with Crippen LogP contribution in [0.25, 0.3) is 0 Å². The van der Waals surface area contributed by atoms with Crippen LogP contribution in [0, 0.1) is 13.8 Å². The average Bonchev–Trinajstić information content (AvgIpc) is 2.42. The number of rotatable bonds is 3. The summed E-state index contributed by atoms with van der Waals surface area (Å²) in [5.41, 5.74) is 3.50. The third kappa shape index (κ3) is 3.13. The zero-order valence-electron chi connectivity index (χ0n) is 11.4. The molecule has 0 atom stereocenters. The van der Waals surface area contributed by atoms with E-state index < -0.39 is 0 Å². The van der Waals surface area contributed by atoms with Crippen molar-refractivity contribution in [1.29, 1.82) is 0 Å². The van der Waals surface area contributed by atoms with Gasteiger partial charge in [-0.15, -0.1) is 0 Å². The smallest absolute Gasteiger partial charge is 0.255 e. The molecule has 0 saturated heterocycles. The highest BCUT2D eigenvalue weighted by Gasteiger charge is 2.09. The summed E-state index contributed by atoms with van der Waals surface area (Å²) in [7, 11) is 1.61. The van der Waals surface area contributed by atoms with Crippen molar-refractivity contribution in [3.05, 3.63) is 59.2 Å². The molecule has 0 aliphatic rings. The van der Waals surface area contributed by atoms with Gasteiger partial charge in [0.1, 0.15) is 5.75 Å². The first kappa shape index (κ1) is 13.1. The van der Waals surface area contributed by atoms with Crippen LogP contribution in [0.3, 0.4) is 0 Å². The number of benzene rings is 2. The molecular weight excluding hydrogens is 238 g/mol. The highest BCUT2D eigenvalue weighted by atomic mass is 16.5. The molecule has 0 fully saturated rings. The number of anilines is 1. The molecule has 0 bridgehead atoms. The number of ether oxygens (including phenoxy) is 1. The number of hydrogen-bond donors (Lipinski definition) is 1. The van der Waals surface area contributed by atoms with E-state index in [-0.39, 0.29) is 5.91 Å². The molecule has 19 heavy (non-hydrogen) atoms. The molecule has 3 nitrogen and oxygen atoms in total. The summed E-state index contributed by atoms with van der Waals surface area (Å²) in [6.45, 7) is 3.91. The van der Waals surface area contributed by atoms with E-state index in [4.69, 9.17) is 4.74 Å². The molecular formula is C16H17NO2. The largest absolute Gasteiger partial charge is 0.497 e. The Morgan fingerprint density at radius 1 is 1.05 bits per heavy atom. The Bertz CT molecular complexity index is 588. The summed E-state index contributed by atoms with van der Waals surface area (Å²) >= 11 is 0. The zero-order valence-corrected chi connectivity index (χ0v) is 11.4. The summed E-state index contributed by atoms with van der Waals surface area (Å²) in [6.07, 6.45) is 0. The highest BCUT2D eigenvalue weighted by molar-refractivity contribution is 6.05. The SMILES string of the molecule is COc1ccc(NC(=O)c2cc(C)ccc2C)cc1. The lowest BCUT2D eigenvalue weighted by atomic mass is 10.1. The van der Waals surface area contributed by atoms with Gasteiger partial charge in [0.25, 0.3) is 5.91 Å². The number of amides is 1. The molecule has 0 unspecified atom stereocenters. The molecule has 0 heterocycles. The lowest BCUT2D eigenvalue weighted by Gasteiger charge is -2.09. The van der Waals surface area contributed by atoms with Crippen molar-refractivity contribution in [1.82, 2.24) is 0 Å². The Kier molecular flexibility index (Phi) is 3.85. The first-order valence-electron chi connectivity index (χ1n) is 6.13. The van der Waals surface area contributed by atoms with E-state index in [9.17, 15) is 4.79 Å². The second-order valence-corrected chi connectivity index (χ2v) is 4.50. The Morgan fingerprint density at radius 2 is 1.74 bits per heavy atom. The van der Waals surface area contributed by atoms with Crippen LogP contribution >= 0.6 is 0 Å². The topological polar surface area (TPSA) is 38.3 Å². The second kappa shape index (κ2) is 5.57. The van der Waals surface area contributed by atoms with E-state index in [1.807, 2.05) is 56.3 Å². The lowest BCUT2D eigenvalue weighted by molar-refractivity contribution is 0.102. The highest BCUT2D eigenvalue weighted by Crippen LogP contribution is 2.17. The van der Waals surface area contributed by atoms with Crippen molar-refractivity contribution in [3.8, 4) is 5.75 Å². The predicted molar refractivity (Wildman–Crippen MR) is 76.9 cm³/mol. The number of methoxy groups -OCH3 is 1. The second-order valence-electron chi connectivity index (χ2n) is 4.50. The Labute approximate surface area is 113 Å². The minimum Gasteiger partial charge on any atom is -0.497 e. The third-order valence-electron chi connectivity index (χ3n) is 2.99. The van der Waals surface area contributed by atoms with Gasteiger partial charge in [0.2, 0.25) is 0 Å². The maximum absolute atomic E-state index is 12.2. The molecule has 0 radical (unpaired) electrons. The van der Waals surface area contributed by atoms with Crippen LogP contribution in [0.5, 0.6) is 5.75 Å². The van der Waals surface area contributed by atoms with Crippen molar-refractivity contribution in [2.45, 2.75) is 13.8 Å². The van der Waals surface area contributed by atoms with Gasteiger partial charge in [-0.2, -0.15) is 0 Å². The molecule has 1 N–H and O–H groups in total. The third-order valence-corrected chi connectivity index (χ3v) is 2.99. The van der Waals surface area contributed by atoms with E-state index in [0.29, 0.717) is 5.56 Å². The van der Waals surface area contributed by atoms with E-state index in [2.05, 4.69) is 5.32 Å². The fourth-order valence-corrected chi connectivity index (χ4v) is 1.85. The van der Waals surface area contributed by atoms with Crippen molar-refractivity contribution in [2.75, 3.05) is 12.4 Å². The van der Waals surface area contributed by atoms with Crippen LogP contribution in [-0.2, 0) is 0 Å². The fourth-order valence-electron chi connectivity index (χ4n) is 1.85. The Morgan fingerprint density at radius 3 is 2.37 bits per heavy atom. The maximum atomic E-state index is 12.2. The summed E-state index contributed by atoms with van der Waals surface area (Å²) in [5, 5.41) is 2.88. The molecule has 0 aromatic heterocycles. The van der Waals surface area contributed by atoms with Gasteiger partial charge in [0.15, 0.2) is 0 Å². The predicted octanol–water partition coefficient (Wildman–Crippen LogP) is 3.56. The standard InChI is InChI=1S/C16H17NO2/c1-11-4-5-12(2)15(10-11)16(18)17-13-6-8-14(19-3)9-7-13/h4-10H,1-3H3,(H,17,18). The van der Waals surface area contributed by atoms with Gasteiger partial charge in [-0.05, 0) is 49.7 Å². The summed E-state index contributed by atoms with van der Waals surface area (Å²) in [4.78, 5) is 12.2.